The zero-order chi connectivity index (χ0) is 24.6. The number of hydrogen-bond donors (Lipinski definition) is 3. The molecule has 3 heterocycles. The SMILES string of the molecule is CCN(CC)c1ccc(NC(=O)C2N(CCCO)C(=O)[C@@H]3[C@@H](C(=O)NC)[C@H]4CC(C)C23S4)cc1. The standard InChI is InChI=1S/C25H36N4O4S/c1-5-28(6-2)17-10-8-16(9-11-17)27-23(32)21-25-15(3)14-18(34-25)19(22(31)26-4)20(25)24(33)29(21)12-7-13-30/h8-11,15,18-21,30H,5-7,12-14H2,1-4H3,(H,26,31)(H,27,32)/t15?,18-,19+,20+,21?,25?/m1/s1. The molecule has 186 valence electrons. The van der Waals surface area contributed by atoms with Crippen LogP contribution in [0.25, 0.3) is 0 Å². The Kier molecular flexibility index (Phi) is 7.14. The van der Waals surface area contributed by atoms with Crippen molar-refractivity contribution in [3.63, 3.8) is 0 Å². The maximum absolute atomic E-state index is 13.8. The summed E-state index contributed by atoms with van der Waals surface area (Å²) in [5, 5.41) is 15.3. The highest BCUT2D eigenvalue weighted by atomic mass is 32.2. The second-order valence-electron chi connectivity index (χ2n) is 9.48. The minimum atomic E-state index is -0.682. The van der Waals surface area contributed by atoms with Crippen molar-refractivity contribution in [3.8, 4) is 0 Å². The van der Waals surface area contributed by atoms with Gasteiger partial charge in [0.1, 0.15) is 6.04 Å². The van der Waals surface area contributed by atoms with Gasteiger partial charge in [-0.25, -0.2) is 0 Å². The van der Waals surface area contributed by atoms with Crippen LogP contribution in [0.4, 0.5) is 11.4 Å². The summed E-state index contributed by atoms with van der Waals surface area (Å²) in [7, 11) is 1.60. The molecule has 9 heteroatoms. The van der Waals surface area contributed by atoms with Crippen LogP contribution in [0.2, 0.25) is 0 Å². The lowest BCUT2D eigenvalue weighted by atomic mass is 9.66. The van der Waals surface area contributed by atoms with E-state index in [0.717, 1.165) is 25.2 Å². The van der Waals surface area contributed by atoms with E-state index in [2.05, 4.69) is 36.3 Å². The van der Waals surface area contributed by atoms with Gasteiger partial charge in [0, 0.05) is 49.9 Å². The summed E-state index contributed by atoms with van der Waals surface area (Å²) >= 11 is 1.66. The van der Waals surface area contributed by atoms with Gasteiger partial charge < -0.3 is 25.5 Å². The first kappa shape index (κ1) is 24.9. The molecule has 3 aliphatic heterocycles. The van der Waals surface area contributed by atoms with Gasteiger partial charge in [-0.2, -0.15) is 0 Å². The number of thioether (sulfide) groups is 1. The molecule has 1 aromatic rings. The number of likely N-dealkylation sites (tertiary alicyclic amines) is 1. The predicted octanol–water partition coefficient (Wildman–Crippen LogP) is 1.94. The number of hydrogen-bond acceptors (Lipinski definition) is 6. The van der Waals surface area contributed by atoms with Crippen molar-refractivity contribution >= 4 is 40.9 Å². The van der Waals surface area contributed by atoms with Crippen LogP contribution < -0.4 is 15.5 Å². The van der Waals surface area contributed by atoms with Crippen molar-refractivity contribution < 1.29 is 19.5 Å². The molecule has 1 spiro atoms. The number of fused-ring (bicyclic) bond motifs is 1. The average Bonchev–Trinajstić information content (AvgIpc) is 3.42. The third kappa shape index (κ3) is 3.77. The molecule has 34 heavy (non-hydrogen) atoms. The average molecular weight is 489 g/mol. The Morgan fingerprint density at radius 2 is 1.88 bits per heavy atom. The van der Waals surface area contributed by atoms with Gasteiger partial charge in [0.25, 0.3) is 0 Å². The van der Waals surface area contributed by atoms with Crippen molar-refractivity contribution in [2.45, 2.75) is 49.7 Å². The summed E-state index contributed by atoms with van der Waals surface area (Å²) in [6.45, 7) is 8.35. The molecule has 0 saturated carbocycles. The molecule has 8 nitrogen and oxygen atoms in total. The van der Waals surface area contributed by atoms with E-state index in [1.165, 1.54) is 0 Å². The monoisotopic (exact) mass is 488 g/mol. The van der Waals surface area contributed by atoms with Crippen LogP contribution in [-0.2, 0) is 14.4 Å². The molecule has 6 atom stereocenters. The summed E-state index contributed by atoms with van der Waals surface area (Å²) in [5.41, 5.74) is 1.78. The molecule has 3 unspecified atom stereocenters. The molecule has 2 bridgehead atoms. The summed E-state index contributed by atoms with van der Waals surface area (Å²) in [6, 6.07) is 7.09. The van der Waals surface area contributed by atoms with Crippen LogP contribution in [0.15, 0.2) is 24.3 Å². The Bertz CT molecular complexity index is 937. The quantitative estimate of drug-likeness (QED) is 0.491. The highest BCUT2D eigenvalue weighted by Crippen LogP contribution is 2.68. The number of amides is 3. The summed E-state index contributed by atoms with van der Waals surface area (Å²) < 4.78 is -0.639. The first-order chi connectivity index (χ1) is 16.3. The molecule has 1 aromatic carbocycles. The third-order valence-corrected chi connectivity index (χ3v) is 9.94. The van der Waals surface area contributed by atoms with Crippen LogP contribution in [-0.4, -0.2) is 77.1 Å². The minimum absolute atomic E-state index is 0.0348. The fourth-order valence-electron chi connectivity index (χ4n) is 6.32. The predicted molar refractivity (Wildman–Crippen MR) is 135 cm³/mol. The van der Waals surface area contributed by atoms with Crippen molar-refractivity contribution in [3.05, 3.63) is 24.3 Å². The molecule has 3 saturated heterocycles. The van der Waals surface area contributed by atoms with Gasteiger partial charge >= 0.3 is 0 Å². The number of aliphatic hydroxyl groups excluding tert-OH is 1. The summed E-state index contributed by atoms with van der Waals surface area (Å²) in [5.74, 6) is -1.31. The summed E-state index contributed by atoms with van der Waals surface area (Å²) in [6.07, 6.45) is 1.20. The molecule has 3 amide bonds. The largest absolute Gasteiger partial charge is 0.396 e. The van der Waals surface area contributed by atoms with E-state index in [9.17, 15) is 19.5 Å². The maximum atomic E-state index is 13.8. The van der Waals surface area contributed by atoms with Gasteiger partial charge in [-0.05, 0) is 56.9 Å². The Morgan fingerprint density at radius 3 is 2.47 bits per heavy atom. The lowest BCUT2D eigenvalue weighted by Crippen LogP contribution is -2.55. The Labute approximate surface area is 205 Å². The van der Waals surface area contributed by atoms with Crippen LogP contribution in [0.3, 0.4) is 0 Å². The van der Waals surface area contributed by atoms with Crippen LogP contribution in [0, 0.1) is 17.8 Å². The Morgan fingerprint density at radius 1 is 1.21 bits per heavy atom. The smallest absolute Gasteiger partial charge is 0.248 e. The van der Waals surface area contributed by atoms with Crippen LogP contribution >= 0.6 is 11.8 Å². The van der Waals surface area contributed by atoms with Gasteiger partial charge in [0.05, 0.1) is 16.6 Å². The van der Waals surface area contributed by atoms with E-state index < -0.39 is 22.6 Å². The molecule has 3 aliphatic rings. The number of anilines is 2. The lowest BCUT2D eigenvalue weighted by molar-refractivity contribution is -0.139. The number of carbonyl (C=O) groups excluding carboxylic acids is 3. The van der Waals surface area contributed by atoms with Gasteiger partial charge in [-0.15, -0.1) is 11.8 Å². The first-order valence-corrected chi connectivity index (χ1v) is 13.2. The first-order valence-electron chi connectivity index (χ1n) is 12.3. The normalized spacial score (nSPS) is 31.5. The third-order valence-electron chi connectivity index (χ3n) is 7.86. The van der Waals surface area contributed by atoms with E-state index in [0.29, 0.717) is 18.7 Å². The van der Waals surface area contributed by atoms with E-state index in [4.69, 9.17) is 0 Å². The molecule has 3 N–H and O–H groups in total. The van der Waals surface area contributed by atoms with Crippen LogP contribution in [0.1, 0.15) is 33.6 Å². The zero-order valence-electron chi connectivity index (χ0n) is 20.4. The number of nitrogens with zero attached hydrogens (tertiary/aromatic N) is 2. The topological polar surface area (TPSA) is 102 Å². The maximum Gasteiger partial charge on any atom is 0.248 e. The highest BCUT2D eigenvalue weighted by Gasteiger charge is 2.75. The molecular weight excluding hydrogens is 452 g/mol. The van der Waals surface area contributed by atoms with Gasteiger partial charge in [0.15, 0.2) is 0 Å². The molecule has 0 aromatic heterocycles. The number of rotatable bonds is 9. The van der Waals surface area contributed by atoms with Gasteiger partial charge in [0.2, 0.25) is 17.7 Å². The van der Waals surface area contributed by atoms with Crippen molar-refractivity contribution in [1.29, 1.82) is 0 Å². The fraction of sp³-hybridized carbons (Fsp3) is 0.640. The van der Waals surface area contributed by atoms with Crippen molar-refractivity contribution in [1.82, 2.24) is 10.2 Å². The van der Waals surface area contributed by atoms with E-state index in [1.807, 2.05) is 24.3 Å². The number of carbonyl (C=O) groups is 3. The fourth-order valence-corrected chi connectivity index (χ4v) is 8.75. The molecule has 0 aliphatic carbocycles. The zero-order valence-corrected chi connectivity index (χ0v) is 21.2. The second-order valence-corrected chi connectivity index (χ2v) is 11.0. The molecule has 4 rings (SSSR count). The molecule has 3 fully saturated rings. The van der Waals surface area contributed by atoms with E-state index >= 15 is 0 Å². The molecule has 0 radical (unpaired) electrons. The van der Waals surface area contributed by atoms with E-state index in [1.54, 1.807) is 23.7 Å². The van der Waals surface area contributed by atoms with Crippen molar-refractivity contribution in [2.75, 3.05) is 43.5 Å². The Balaban J connectivity index is 1.65. The van der Waals surface area contributed by atoms with E-state index in [-0.39, 0.29) is 35.5 Å². The minimum Gasteiger partial charge on any atom is -0.396 e. The Hall–Kier alpha value is -2.26. The number of aliphatic hydroxyl groups is 1. The number of nitrogens with one attached hydrogen (secondary N) is 2. The van der Waals surface area contributed by atoms with Crippen molar-refractivity contribution in [2.24, 2.45) is 17.8 Å². The lowest BCUT2D eigenvalue weighted by Gasteiger charge is -2.38. The summed E-state index contributed by atoms with van der Waals surface area (Å²) in [4.78, 5) is 44.1. The molecular formula is C25H36N4O4S. The van der Waals surface area contributed by atoms with Crippen LogP contribution in [0.5, 0.6) is 0 Å². The second kappa shape index (κ2) is 9.77. The van der Waals surface area contributed by atoms with Gasteiger partial charge in [-0.3, -0.25) is 14.4 Å². The highest BCUT2D eigenvalue weighted by molar-refractivity contribution is 8.02. The van der Waals surface area contributed by atoms with Gasteiger partial charge in [-0.1, -0.05) is 6.92 Å². The number of benzene rings is 1.